The molecule has 19 heavy (non-hydrogen) atoms. The molecule has 1 aliphatic rings. The second-order valence-electron chi connectivity index (χ2n) is 6.43. The van der Waals surface area contributed by atoms with E-state index >= 15 is 0 Å². The Kier molecular flexibility index (Phi) is 8.73. The van der Waals surface area contributed by atoms with E-state index in [4.69, 9.17) is 0 Å². The van der Waals surface area contributed by atoms with Gasteiger partial charge in [0.1, 0.15) is 0 Å². The molecule has 1 N–H and O–H groups in total. The largest absolute Gasteiger partial charge is 1.00 e. The molecule has 0 aromatic heterocycles. The minimum absolute atomic E-state index is 0. The molecule has 1 fully saturated rings. The van der Waals surface area contributed by atoms with E-state index in [0.717, 1.165) is 0 Å². The van der Waals surface area contributed by atoms with Crippen LogP contribution in [-0.4, -0.2) is 30.8 Å². The Morgan fingerprint density at radius 2 is 1.74 bits per heavy atom. The fourth-order valence-electron chi connectivity index (χ4n) is 2.74. The quantitative estimate of drug-likeness (QED) is 0.536. The molecule has 0 bridgehead atoms. The molecule has 1 unspecified atom stereocenters. The summed E-state index contributed by atoms with van der Waals surface area (Å²) in [6, 6.07) is 0.508. The van der Waals surface area contributed by atoms with Gasteiger partial charge in [-0.3, -0.25) is 0 Å². The van der Waals surface area contributed by atoms with Crippen molar-refractivity contribution in [3.05, 3.63) is 0 Å². The average molecular weight is 299 g/mol. The van der Waals surface area contributed by atoms with Crippen molar-refractivity contribution in [3.8, 4) is 0 Å². The predicted octanol–water partition coefficient (Wildman–Crippen LogP) is -0.737. The van der Waals surface area contributed by atoms with Crippen LogP contribution in [0.2, 0.25) is 0 Å². The van der Waals surface area contributed by atoms with Gasteiger partial charge in [0, 0.05) is 6.04 Å². The summed E-state index contributed by atoms with van der Waals surface area (Å²) in [5, 5.41) is 2.59. The predicted molar refractivity (Wildman–Crippen MR) is 72.4 cm³/mol. The summed E-state index contributed by atoms with van der Waals surface area (Å²) in [6.07, 6.45) is 6.55. The average Bonchev–Trinajstić information content (AvgIpc) is 2.22. The maximum atomic E-state index is 11.3. The summed E-state index contributed by atoms with van der Waals surface area (Å²) >= 11 is 0. The zero-order valence-electron chi connectivity index (χ0n) is 12.7. The second kappa shape index (κ2) is 8.35. The van der Waals surface area contributed by atoms with Crippen LogP contribution in [0.3, 0.4) is 0 Å². The van der Waals surface area contributed by atoms with Crippen LogP contribution in [0.1, 0.15) is 59.3 Å². The topological polar surface area (TPSA) is 69.2 Å². The molecule has 0 heterocycles. The van der Waals surface area contributed by atoms with Crippen LogP contribution >= 0.6 is 0 Å². The van der Waals surface area contributed by atoms with Crippen LogP contribution in [0.5, 0.6) is 0 Å². The molecule has 0 aromatic carbocycles. The van der Waals surface area contributed by atoms with Crippen molar-refractivity contribution in [3.63, 3.8) is 0 Å². The van der Waals surface area contributed by atoms with Gasteiger partial charge in [0.2, 0.25) is 0 Å². The molecule has 0 radical (unpaired) electrons. The molecular formula is C13H26NNaO3S. The van der Waals surface area contributed by atoms with E-state index in [-0.39, 0.29) is 29.6 Å². The van der Waals surface area contributed by atoms with Crippen molar-refractivity contribution >= 4 is 10.1 Å². The van der Waals surface area contributed by atoms with Crippen molar-refractivity contribution in [2.24, 2.45) is 5.41 Å². The summed E-state index contributed by atoms with van der Waals surface area (Å²) < 4.78 is 33.8. The Labute approximate surface area is 140 Å². The van der Waals surface area contributed by atoms with Crippen LogP contribution in [-0.2, 0) is 10.1 Å². The first-order chi connectivity index (χ1) is 8.21. The third-order valence-corrected chi connectivity index (χ3v) is 5.40. The molecule has 0 aromatic rings. The zero-order chi connectivity index (χ0) is 13.8. The molecule has 1 saturated carbocycles. The van der Waals surface area contributed by atoms with Gasteiger partial charge >= 0.3 is 29.6 Å². The van der Waals surface area contributed by atoms with Crippen LogP contribution < -0.4 is 34.9 Å². The van der Waals surface area contributed by atoms with E-state index in [1.54, 1.807) is 0 Å². The summed E-state index contributed by atoms with van der Waals surface area (Å²) in [5.41, 5.74) is -0.491. The number of nitrogens with one attached hydrogen (secondary N) is 1. The number of hydrogen-bond acceptors (Lipinski definition) is 4. The molecule has 0 aliphatic heterocycles. The van der Waals surface area contributed by atoms with E-state index < -0.39 is 20.8 Å². The maximum absolute atomic E-state index is 11.3. The molecule has 0 spiro atoms. The normalized spacial score (nSPS) is 19.8. The fourth-order valence-corrected chi connectivity index (χ4v) is 4.01. The molecule has 4 nitrogen and oxygen atoms in total. The molecule has 0 saturated heterocycles. The first-order valence-electron chi connectivity index (χ1n) is 6.89. The van der Waals surface area contributed by atoms with Gasteiger partial charge in [-0.05, 0) is 31.2 Å². The van der Waals surface area contributed by atoms with Gasteiger partial charge in [0.15, 0.2) is 0 Å². The molecular weight excluding hydrogens is 273 g/mol. The Morgan fingerprint density at radius 1 is 1.21 bits per heavy atom. The third-order valence-electron chi connectivity index (χ3n) is 3.76. The van der Waals surface area contributed by atoms with Crippen LogP contribution in [0, 0.1) is 5.41 Å². The third kappa shape index (κ3) is 7.44. The van der Waals surface area contributed by atoms with Gasteiger partial charge in [-0.1, -0.05) is 40.0 Å². The van der Waals surface area contributed by atoms with Crippen LogP contribution in [0.15, 0.2) is 0 Å². The molecule has 6 heteroatoms. The van der Waals surface area contributed by atoms with Crippen LogP contribution in [0.4, 0.5) is 0 Å². The second-order valence-corrected chi connectivity index (χ2v) is 7.98. The smallest absolute Gasteiger partial charge is 0.748 e. The maximum Gasteiger partial charge on any atom is 1.00 e. The van der Waals surface area contributed by atoms with Gasteiger partial charge in [-0.25, -0.2) is 8.42 Å². The van der Waals surface area contributed by atoms with E-state index in [0.29, 0.717) is 19.0 Å². The molecule has 108 valence electrons. The SMILES string of the molecule is CC(C)(C)C(CCNC1CCCCC1)S(=O)(=O)[O-].[Na+]. The molecule has 1 rings (SSSR count). The molecule has 1 atom stereocenters. The Bertz CT molecular complexity index is 345. The minimum Gasteiger partial charge on any atom is -0.748 e. The van der Waals surface area contributed by atoms with Crippen molar-refractivity contribution < 1.29 is 42.5 Å². The van der Waals surface area contributed by atoms with E-state index in [1.165, 1.54) is 32.1 Å². The van der Waals surface area contributed by atoms with Gasteiger partial charge < -0.3 is 9.87 Å². The van der Waals surface area contributed by atoms with Crippen molar-refractivity contribution in [2.75, 3.05) is 6.54 Å². The molecule has 0 amide bonds. The summed E-state index contributed by atoms with van der Waals surface area (Å²) in [5.74, 6) is 0. The van der Waals surface area contributed by atoms with Crippen LogP contribution in [0.25, 0.3) is 0 Å². The van der Waals surface area contributed by atoms with Crippen molar-refractivity contribution in [1.29, 1.82) is 0 Å². The fraction of sp³-hybridized carbons (Fsp3) is 1.00. The van der Waals surface area contributed by atoms with Gasteiger partial charge in [0.05, 0.1) is 15.4 Å². The van der Waals surface area contributed by atoms with E-state index in [2.05, 4.69) is 5.32 Å². The van der Waals surface area contributed by atoms with Crippen molar-refractivity contribution in [2.45, 2.75) is 70.6 Å². The van der Waals surface area contributed by atoms with Gasteiger partial charge in [-0.2, -0.15) is 0 Å². The van der Waals surface area contributed by atoms with E-state index in [1.807, 2.05) is 20.8 Å². The first-order valence-corrected chi connectivity index (χ1v) is 8.36. The van der Waals surface area contributed by atoms with E-state index in [9.17, 15) is 13.0 Å². The molecule has 1 aliphatic carbocycles. The first kappa shape index (κ1) is 19.9. The van der Waals surface area contributed by atoms with Gasteiger partial charge in [-0.15, -0.1) is 0 Å². The summed E-state index contributed by atoms with van der Waals surface area (Å²) in [4.78, 5) is 0. The summed E-state index contributed by atoms with van der Waals surface area (Å²) in [7, 11) is -4.22. The van der Waals surface area contributed by atoms with Gasteiger partial charge in [0.25, 0.3) is 0 Å². The summed E-state index contributed by atoms with van der Waals surface area (Å²) in [6.45, 7) is 6.06. The Balaban J connectivity index is 0.00000324. The monoisotopic (exact) mass is 299 g/mol. The standard InChI is InChI=1S/C13H27NO3S.Na/c1-13(2,3)12(18(15,16)17)9-10-14-11-7-5-4-6-8-11;/h11-12,14H,4-10H2,1-3H3,(H,15,16,17);/q;+1/p-1. The Morgan fingerprint density at radius 3 is 2.16 bits per heavy atom. The Hall–Kier alpha value is 0.870. The number of hydrogen-bond donors (Lipinski definition) is 1. The minimum atomic E-state index is -4.22. The van der Waals surface area contributed by atoms with Crippen molar-refractivity contribution in [1.82, 2.24) is 5.32 Å². The number of rotatable bonds is 5. The zero-order valence-corrected chi connectivity index (χ0v) is 15.6.